The van der Waals surface area contributed by atoms with Crippen molar-refractivity contribution in [1.29, 1.82) is 0 Å². The average molecular weight is 372 g/mol. The number of carbonyl (C=O) groups is 1. The molecular weight excluding hydrogens is 351 g/mol. The van der Waals surface area contributed by atoms with E-state index in [9.17, 15) is 9.18 Å². The molecule has 0 spiro atoms. The molecule has 7 heteroatoms. The van der Waals surface area contributed by atoms with Crippen molar-refractivity contribution in [1.82, 2.24) is 15.5 Å². The van der Waals surface area contributed by atoms with Gasteiger partial charge in [0.05, 0.1) is 21.5 Å². The highest BCUT2D eigenvalue weighted by Gasteiger charge is 2.33. The molecule has 1 aromatic rings. The molecule has 1 aromatic carbocycles. The van der Waals surface area contributed by atoms with Crippen molar-refractivity contribution < 1.29 is 9.18 Å². The van der Waals surface area contributed by atoms with Crippen LogP contribution >= 0.6 is 11.8 Å². The van der Waals surface area contributed by atoms with Crippen LogP contribution in [0.1, 0.15) is 23.7 Å². The van der Waals surface area contributed by atoms with Crippen LogP contribution < -0.4 is 16.4 Å². The van der Waals surface area contributed by atoms with Gasteiger partial charge in [-0.05, 0) is 49.2 Å². The summed E-state index contributed by atoms with van der Waals surface area (Å²) in [7, 11) is 0. The van der Waals surface area contributed by atoms with Gasteiger partial charge in [0.2, 0.25) is 0 Å². The molecule has 0 bridgehead atoms. The Balaban J connectivity index is 1.65. The van der Waals surface area contributed by atoms with Gasteiger partial charge in [-0.1, -0.05) is 12.1 Å². The van der Waals surface area contributed by atoms with Crippen LogP contribution in [0.3, 0.4) is 0 Å². The zero-order chi connectivity index (χ0) is 18.1. The summed E-state index contributed by atoms with van der Waals surface area (Å²) in [5.41, 5.74) is 8.16. The number of allylic oxidation sites excluding steroid dienone is 1. The predicted octanol–water partition coefficient (Wildman–Crippen LogP) is 2.96. The summed E-state index contributed by atoms with van der Waals surface area (Å²) in [4.78, 5) is 14.3. The van der Waals surface area contributed by atoms with Crippen LogP contribution in [0.15, 0.2) is 58.9 Å². The predicted molar refractivity (Wildman–Crippen MR) is 101 cm³/mol. The number of fused-ring (bicyclic) bond motifs is 1. The van der Waals surface area contributed by atoms with Crippen molar-refractivity contribution >= 4 is 17.8 Å². The van der Waals surface area contributed by atoms with Gasteiger partial charge in [-0.15, -0.1) is 11.8 Å². The summed E-state index contributed by atoms with van der Waals surface area (Å²) >= 11 is 1.61. The number of amides is 2. The SMILES string of the molecule is NC(=O)N1C=CC(N[C@H]2CCCNC2)=C2SC(c3cccc(F)c3)C=C21. The monoisotopic (exact) mass is 372 g/mol. The van der Waals surface area contributed by atoms with Gasteiger partial charge in [-0.25, -0.2) is 9.18 Å². The van der Waals surface area contributed by atoms with E-state index < -0.39 is 6.03 Å². The second-order valence-corrected chi connectivity index (χ2v) is 7.75. The summed E-state index contributed by atoms with van der Waals surface area (Å²) in [5, 5.41) is 6.93. The topological polar surface area (TPSA) is 70.4 Å². The molecule has 2 atom stereocenters. The van der Waals surface area contributed by atoms with Gasteiger partial charge in [0, 0.05) is 18.8 Å². The quantitative estimate of drug-likeness (QED) is 0.763. The average Bonchev–Trinajstić information content (AvgIpc) is 3.08. The van der Waals surface area contributed by atoms with E-state index in [-0.39, 0.29) is 11.1 Å². The fourth-order valence-corrected chi connectivity index (χ4v) is 4.76. The Kier molecular flexibility index (Phi) is 4.74. The van der Waals surface area contributed by atoms with Crippen molar-refractivity contribution in [3.05, 3.63) is 70.3 Å². The van der Waals surface area contributed by atoms with Crippen molar-refractivity contribution in [2.45, 2.75) is 24.1 Å². The molecule has 136 valence electrons. The molecule has 26 heavy (non-hydrogen) atoms. The van der Waals surface area contributed by atoms with Crippen molar-refractivity contribution in [3.63, 3.8) is 0 Å². The number of halogens is 1. The number of piperidine rings is 1. The van der Waals surface area contributed by atoms with E-state index in [2.05, 4.69) is 10.6 Å². The highest BCUT2D eigenvalue weighted by Crippen LogP contribution is 2.49. The maximum atomic E-state index is 13.6. The van der Waals surface area contributed by atoms with E-state index in [4.69, 9.17) is 5.73 Å². The first-order valence-electron chi connectivity index (χ1n) is 8.74. The molecule has 4 N–H and O–H groups in total. The maximum absolute atomic E-state index is 13.6. The van der Waals surface area contributed by atoms with E-state index in [1.54, 1.807) is 24.0 Å². The van der Waals surface area contributed by atoms with Crippen LogP contribution in [0.2, 0.25) is 0 Å². The van der Waals surface area contributed by atoms with Crippen molar-refractivity contribution in [2.24, 2.45) is 5.73 Å². The van der Waals surface area contributed by atoms with Crippen LogP contribution in [-0.2, 0) is 0 Å². The third kappa shape index (κ3) is 3.37. The molecule has 1 unspecified atom stereocenters. The minimum Gasteiger partial charge on any atom is -0.380 e. The lowest BCUT2D eigenvalue weighted by Gasteiger charge is -2.29. The Morgan fingerprint density at radius 2 is 2.31 bits per heavy atom. The van der Waals surface area contributed by atoms with Gasteiger partial charge >= 0.3 is 6.03 Å². The summed E-state index contributed by atoms with van der Waals surface area (Å²) in [5.74, 6) is -0.262. The third-order valence-electron chi connectivity index (χ3n) is 4.75. The number of primary amides is 1. The van der Waals surface area contributed by atoms with Crippen molar-refractivity contribution in [2.75, 3.05) is 13.1 Å². The number of benzene rings is 1. The smallest absolute Gasteiger partial charge is 0.323 e. The molecule has 0 radical (unpaired) electrons. The van der Waals surface area contributed by atoms with E-state index in [1.165, 1.54) is 17.0 Å². The number of urea groups is 1. The summed E-state index contributed by atoms with van der Waals surface area (Å²) in [6, 6.07) is 6.40. The molecule has 5 nitrogen and oxygen atoms in total. The fraction of sp³-hybridized carbons (Fsp3) is 0.316. The minimum absolute atomic E-state index is 0.0567. The van der Waals surface area contributed by atoms with Crippen LogP contribution in [0.4, 0.5) is 9.18 Å². The minimum atomic E-state index is -0.524. The van der Waals surface area contributed by atoms with Crippen LogP contribution in [0.25, 0.3) is 0 Å². The van der Waals surface area contributed by atoms with Crippen LogP contribution in [0.5, 0.6) is 0 Å². The van der Waals surface area contributed by atoms with Crippen LogP contribution in [0, 0.1) is 5.82 Å². The second kappa shape index (κ2) is 7.17. The normalized spacial score (nSPS) is 25.1. The second-order valence-electron chi connectivity index (χ2n) is 6.60. The van der Waals surface area contributed by atoms with E-state index in [0.717, 1.165) is 47.8 Å². The first kappa shape index (κ1) is 17.2. The Bertz CT molecular complexity index is 814. The zero-order valence-electron chi connectivity index (χ0n) is 14.2. The number of hydrogen-bond acceptors (Lipinski definition) is 4. The lowest BCUT2D eigenvalue weighted by Crippen LogP contribution is -2.43. The number of nitrogens with two attached hydrogens (primary N) is 1. The summed E-state index contributed by atoms with van der Waals surface area (Å²) in [6.07, 6.45) is 7.81. The molecule has 1 fully saturated rings. The fourth-order valence-electron chi connectivity index (χ4n) is 3.49. The van der Waals surface area contributed by atoms with Crippen LogP contribution in [-0.4, -0.2) is 30.1 Å². The highest BCUT2D eigenvalue weighted by molar-refractivity contribution is 8.04. The van der Waals surface area contributed by atoms with Gasteiger partial charge in [0.15, 0.2) is 0 Å². The van der Waals surface area contributed by atoms with Gasteiger partial charge in [0.25, 0.3) is 0 Å². The molecule has 1 saturated heterocycles. The zero-order valence-corrected chi connectivity index (χ0v) is 15.1. The van der Waals surface area contributed by atoms with Gasteiger partial charge in [0.1, 0.15) is 5.82 Å². The molecular formula is C19H21FN4OS. The molecule has 3 heterocycles. The van der Waals surface area contributed by atoms with Gasteiger partial charge in [-0.3, -0.25) is 4.90 Å². The van der Waals surface area contributed by atoms with Gasteiger partial charge < -0.3 is 16.4 Å². The molecule has 4 rings (SSSR count). The molecule has 3 aliphatic heterocycles. The van der Waals surface area contributed by atoms with Crippen molar-refractivity contribution in [3.8, 4) is 0 Å². The van der Waals surface area contributed by atoms with E-state index >= 15 is 0 Å². The van der Waals surface area contributed by atoms with E-state index in [0.29, 0.717) is 6.04 Å². The number of carbonyl (C=O) groups excluding carboxylic acids is 1. The number of rotatable bonds is 3. The molecule has 2 amide bonds. The highest BCUT2D eigenvalue weighted by atomic mass is 32.2. The number of thioether (sulfide) groups is 1. The first-order chi connectivity index (χ1) is 12.6. The first-order valence-corrected chi connectivity index (χ1v) is 9.62. The standard InChI is InChI=1S/C19H21FN4OS/c20-13-4-1-3-12(9-13)17-10-16-18(26-17)15(6-8-24(16)19(21)25)23-14-5-2-7-22-11-14/h1,3-4,6,8-10,14,17,22-23H,2,5,7,11H2,(H2,21,25)/t14-,17?/m0/s1. The third-order valence-corrected chi connectivity index (χ3v) is 6.08. The maximum Gasteiger partial charge on any atom is 0.323 e. The molecule has 0 aromatic heterocycles. The van der Waals surface area contributed by atoms with Gasteiger partial charge in [-0.2, -0.15) is 0 Å². The largest absolute Gasteiger partial charge is 0.380 e. The summed E-state index contributed by atoms with van der Waals surface area (Å²) < 4.78 is 13.6. The van der Waals surface area contributed by atoms with E-state index in [1.807, 2.05) is 18.2 Å². The Hall–Kier alpha value is -2.25. The molecule has 0 saturated carbocycles. The summed E-state index contributed by atoms with van der Waals surface area (Å²) in [6.45, 7) is 1.97. The Morgan fingerprint density at radius 3 is 3.04 bits per heavy atom. The Morgan fingerprint density at radius 1 is 1.42 bits per heavy atom. The lowest BCUT2D eigenvalue weighted by molar-refractivity contribution is 0.233. The molecule has 3 aliphatic rings. The Labute approximate surface area is 156 Å². The number of nitrogens with one attached hydrogen (secondary N) is 2. The number of nitrogens with zero attached hydrogens (tertiary/aromatic N) is 1. The molecule has 0 aliphatic carbocycles. The lowest BCUT2D eigenvalue weighted by atomic mass is 10.1. The number of hydrogen-bond donors (Lipinski definition) is 3.